The van der Waals surface area contributed by atoms with E-state index < -0.39 is 17.6 Å². The van der Waals surface area contributed by atoms with Crippen molar-refractivity contribution in [3.8, 4) is 11.5 Å². The molecule has 8 heteroatoms. The fourth-order valence-electron chi connectivity index (χ4n) is 2.34. The Labute approximate surface area is 149 Å². The molecule has 140 valence electrons. The largest absolute Gasteiger partial charge is 0.497 e. The van der Waals surface area contributed by atoms with Crippen molar-refractivity contribution in [1.29, 1.82) is 0 Å². The Balaban J connectivity index is 2.42. The number of nitrogens with zero attached hydrogens (tertiary/aromatic N) is 1. The summed E-state index contributed by atoms with van der Waals surface area (Å²) in [6.45, 7) is 0. The summed E-state index contributed by atoms with van der Waals surface area (Å²) in [5, 5.41) is 2.53. The topological polar surface area (TPSA) is 50.8 Å². The molecule has 26 heavy (non-hydrogen) atoms. The summed E-state index contributed by atoms with van der Waals surface area (Å²) in [7, 11) is 6.22. The average molecular weight is 368 g/mol. The van der Waals surface area contributed by atoms with Gasteiger partial charge in [-0.1, -0.05) is 0 Å². The molecule has 0 spiro atoms. The van der Waals surface area contributed by atoms with Crippen LogP contribution in [0.4, 0.5) is 24.5 Å². The molecule has 0 heterocycles. The maximum Gasteiger partial charge on any atom is 0.416 e. The van der Waals surface area contributed by atoms with Crippen LogP contribution in [0.15, 0.2) is 36.4 Å². The number of hydrogen-bond donors (Lipinski definition) is 1. The van der Waals surface area contributed by atoms with Crippen LogP contribution in [0, 0.1) is 0 Å². The van der Waals surface area contributed by atoms with Crippen LogP contribution >= 0.6 is 0 Å². The second-order valence-electron chi connectivity index (χ2n) is 5.68. The lowest BCUT2D eigenvalue weighted by Crippen LogP contribution is -2.18. The van der Waals surface area contributed by atoms with Crippen LogP contribution in [-0.2, 0) is 6.18 Å². The molecule has 0 saturated carbocycles. The van der Waals surface area contributed by atoms with E-state index in [1.807, 2.05) is 0 Å². The van der Waals surface area contributed by atoms with E-state index in [0.717, 1.165) is 12.1 Å². The minimum Gasteiger partial charge on any atom is -0.497 e. The van der Waals surface area contributed by atoms with Gasteiger partial charge < -0.3 is 19.7 Å². The minimum absolute atomic E-state index is 0.0524. The van der Waals surface area contributed by atoms with E-state index in [-0.39, 0.29) is 11.3 Å². The lowest BCUT2D eigenvalue weighted by atomic mass is 10.1. The Bertz CT molecular complexity index is 783. The van der Waals surface area contributed by atoms with Gasteiger partial charge in [0, 0.05) is 25.7 Å². The molecule has 5 nitrogen and oxygen atoms in total. The number of alkyl halides is 3. The molecule has 2 rings (SSSR count). The third kappa shape index (κ3) is 4.38. The SMILES string of the molecule is COc1cc(OC)cc(C(=O)Nc2cc(C(F)(F)F)ccc2N(C)C)c1. The zero-order chi connectivity index (χ0) is 19.5. The van der Waals surface area contributed by atoms with E-state index in [0.29, 0.717) is 17.2 Å². The first kappa shape index (κ1) is 19.4. The van der Waals surface area contributed by atoms with Crippen molar-refractivity contribution >= 4 is 17.3 Å². The highest BCUT2D eigenvalue weighted by Gasteiger charge is 2.31. The van der Waals surface area contributed by atoms with Crippen molar-refractivity contribution in [3.05, 3.63) is 47.5 Å². The molecule has 0 unspecified atom stereocenters. The van der Waals surface area contributed by atoms with Gasteiger partial charge in [0.05, 0.1) is 31.2 Å². The summed E-state index contributed by atoms with van der Waals surface area (Å²) in [6.07, 6.45) is -4.51. The number of anilines is 2. The number of nitrogens with one attached hydrogen (secondary N) is 1. The molecule has 0 aliphatic heterocycles. The first-order chi connectivity index (χ1) is 12.2. The molecule has 1 amide bonds. The fraction of sp³-hybridized carbons (Fsp3) is 0.278. The highest BCUT2D eigenvalue weighted by atomic mass is 19.4. The van der Waals surface area contributed by atoms with E-state index in [4.69, 9.17) is 9.47 Å². The lowest BCUT2D eigenvalue weighted by Gasteiger charge is -2.20. The summed E-state index contributed by atoms with van der Waals surface area (Å²) >= 11 is 0. The lowest BCUT2D eigenvalue weighted by molar-refractivity contribution is -0.137. The fourth-order valence-corrected chi connectivity index (χ4v) is 2.34. The van der Waals surface area contributed by atoms with Gasteiger partial charge in [-0.05, 0) is 30.3 Å². The first-order valence-electron chi connectivity index (χ1n) is 7.58. The average Bonchev–Trinajstić information content (AvgIpc) is 2.60. The van der Waals surface area contributed by atoms with E-state index in [1.165, 1.54) is 32.4 Å². The van der Waals surface area contributed by atoms with Gasteiger partial charge in [0.15, 0.2) is 0 Å². The van der Waals surface area contributed by atoms with Gasteiger partial charge in [-0.2, -0.15) is 13.2 Å². The predicted octanol–water partition coefficient (Wildman–Crippen LogP) is 4.04. The van der Waals surface area contributed by atoms with Crippen LogP contribution in [0.5, 0.6) is 11.5 Å². The Morgan fingerprint density at radius 3 is 2.04 bits per heavy atom. The van der Waals surface area contributed by atoms with E-state index in [2.05, 4.69) is 5.32 Å². The summed E-state index contributed by atoms with van der Waals surface area (Å²) < 4.78 is 49.2. The molecule has 0 saturated heterocycles. The number of carbonyl (C=O) groups excluding carboxylic acids is 1. The number of hydrogen-bond acceptors (Lipinski definition) is 4. The molecule has 0 radical (unpaired) electrons. The van der Waals surface area contributed by atoms with Crippen molar-refractivity contribution in [2.45, 2.75) is 6.18 Å². The molecular formula is C18H19F3N2O3. The summed E-state index contributed by atoms with van der Waals surface area (Å²) in [4.78, 5) is 14.2. The number of ether oxygens (including phenoxy) is 2. The zero-order valence-corrected chi connectivity index (χ0v) is 14.8. The second kappa shape index (κ2) is 7.55. The summed E-state index contributed by atoms with van der Waals surface area (Å²) in [6, 6.07) is 7.72. The van der Waals surface area contributed by atoms with Gasteiger partial charge in [-0.3, -0.25) is 4.79 Å². The molecule has 1 N–H and O–H groups in total. The Hall–Kier alpha value is -2.90. The second-order valence-corrected chi connectivity index (χ2v) is 5.68. The van der Waals surface area contributed by atoms with Gasteiger partial charge in [0.1, 0.15) is 11.5 Å². The number of rotatable bonds is 5. The van der Waals surface area contributed by atoms with E-state index in [1.54, 1.807) is 25.1 Å². The van der Waals surface area contributed by atoms with Crippen LogP contribution in [0.25, 0.3) is 0 Å². The highest BCUT2D eigenvalue weighted by Crippen LogP contribution is 2.35. The molecule has 0 aliphatic carbocycles. The predicted molar refractivity (Wildman–Crippen MR) is 93.3 cm³/mol. The van der Waals surface area contributed by atoms with Crippen LogP contribution in [0.1, 0.15) is 15.9 Å². The van der Waals surface area contributed by atoms with Gasteiger partial charge in [0.25, 0.3) is 5.91 Å². The monoisotopic (exact) mass is 368 g/mol. The summed E-state index contributed by atoms with van der Waals surface area (Å²) in [5.74, 6) is 0.211. The van der Waals surface area contributed by atoms with Crippen molar-refractivity contribution in [2.75, 3.05) is 38.5 Å². The van der Waals surface area contributed by atoms with Crippen LogP contribution in [-0.4, -0.2) is 34.2 Å². The Morgan fingerprint density at radius 1 is 1.00 bits per heavy atom. The molecule has 2 aromatic rings. The van der Waals surface area contributed by atoms with Crippen molar-refractivity contribution in [2.24, 2.45) is 0 Å². The third-order valence-electron chi connectivity index (χ3n) is 3.67. The number of carbonyl (C=O) groups is 1. The molecule has 0 aromatic heterocycles. The van der Waals surface area contributed by atoms with Gasteiger partial charge in [-0.15, -0.1) is 0 Å². The quantitative estimate of drug-likeness (QED) is 0.865. The van der Waals surface area contributed by atoms with Crippen molar-refractivity contribution in [3.63, 3.8) is 0 Å². The molecule has 0 atom stereocenters. The molecule has 2 aromatic carbocycles. The van der Waals surface area contributed by atoms with E-state index >= 15 is 0 Å². The van der Waals surface area contributed by atoms with Crippen LogP contribution < -0.4 is 19.7 Å². The van der Waals surface area contributed by atoms with Crippen LogP contribution in [0.3, 0.4) is 0 Å². The van der Waals surface area contributed by atoms with Gasteiger partial charge in [0.2, 0.25) is 0 Å². The number of benzene rings is 2. The van der Waals surface area contributed by atoms with Crippen molar-refractivity contribution in [1.82, 2.24) is 0 Å². The number of halogens is 3. The normalized spacial score (nSPS) is 11.0. The number of amides is 1. The molecular weight excluding hydrogens is 349 g/mol. The first-order valence-corrected chi connectivity index (χ1v) is 7.58. The van der Waals surface area contributed by atoms with Crippen molar-refractivity contribution < 1.29 is 27.4 Å². The highest BCUT2D eigenvalue weighted by molar-refractivity contribution is 6.06. The molecule has 0 bridgehead atoms. The number of methoxy groups -OCH3 is 2. The molecule has 0 aliphatic rings. The third-order valence-corrected chi connectivity index (χ3v) is 3.67. The maximum absolute atomic E-state index is 13.0. The zero-order valence-electron chi connectivity index (χ0n) is 14.8. The van der Waals surface area contributed by atoms with Gasteiger partial charge >= 0.3 is 6.18 Å². The standard InChI is InChI=1S/C18H19F3N2O3/c1-23(2)16-6-5-12(18(19,20)21)9-15(16)22-17(24)11-7-13(25-3)10-14(8-11)26-4/h5-10H,1-4H3,(H,22,24). The maximum atomic E-state index is 13.0. The van der Waals surface area contributed by atoms with Gasteiger partial charge in [-0.25, -0.2) is 0 Å². The molecule has 0 fully saturated rings. The Morgan fingerprint density at radius 2 is 1.58 bits per heavy atom. The van der Waals surface area contributed by atoms with E-state index in [9.17, 15) is 18.0 Å². The van der Waals surface area contributed by atoms with Crippen LogP contribution in [0.2, 0.25) is 0 Å². The smallest absolute Gasteiger partial charge is 0.416 e. The summed E-state index contributed by atoms with van der Waals surface area (Å²) in [5.41, 5.74) is -0.150. The Kier molecular flexibility index (Phi) is 5.64. The minimum atomic E-state index is -4.51.